The molecule has 0 saturated carbocycles. The van der Waals surface area contributed by atoms with Gasteiger partial charge in [-0.05, 0) is 48.2 Å². The molecular weight excluding hydrogens is 406 g/mol. The molecule has 0 aliphatic carbocycles. The summed E-state index contributed by atoms with van der Waals surface area (Å²) in [6.45, 7) is 0. The van der Waals surface area contributed by atoms with Crippen LogP contribution in [-0.2, 0) is 0 Å². The zero-order valence-corrected chi connectivity index (χ0v) is 17.7. The zero-order valence-electron chi connectivity index (χ0n) is 16.9. The lowest BCUT2D eigenvalue weighted by molar-refractivity contribution is 1.04. The Kier molecular flexibility index (Phi) is 6.71. The van der Waals surface area contributed by atoms with Crippen LogP contribution in [0.25, 0.3) is 0 Å². The minimum absolute atomic E-state index is 0.323. The summed E-state index contributed by atoms with van der Waals surface area (Å²) >= 11 is 1.70. The highest BCUT2D eigenvalue weighted by Gasteiger charge is 2.07. The summed E-state index contributed by atoms with van der Waals surface area (Å²) in [5, 5.41) is 10.7. The number of hydrogen-bond acceptors (Lipinski definition) is 8. The first kappa shape index (κ1) is 20.4. The average molecular weight is 428 g/mol. The van der Waals surface area contributed by atoms with Crippen LogP contribution in [-0.4, -0.2) is 27.4 Å². The summed E-state index contributed by atoms with van der Waals surface area (Å²) in [7, 11) is 0. The molecule has 31 heavy (non-hydrogen) atoms. The second kappa shape index (κ2) is 10.2. The molecule has 154 valence electrons. The van der Waals surface area contributed by atoms with Crippen molar-refractivity contribution in [2.45, 2.75) is 4.90 Å². The zero-order chi connectivity index (χ0) is 21.3. The van der Waals surface area contributed by atoms with Crippen LogP contribution in [0.15, 0.2) is 94.9 Å². The van der Waals surface area contributed by atoms with Crippen LogP contribution in [0.5, 0.6) is 0 Å². The number of para-hydroxylation sites is 2. The van der Waals surface area contributed by atoms with Crippen molar-refractivity contribution in [3.63, 3.8) is 0 Å². The maximum atomic E-state index is 4.47. The molecule has 0 aliphatic rings. The Labute approximate surface area is 185 Å². The van der Waals surface area contributed by atoms with Crippen LogP contribution < -0.4 is 16.1 Å². The topological polar surface area (TPSA) is 87.1 Å². The Hall–Kier alpha value is -3.91. The standard InChI is InChI=1S/C23H21N7S/c1-31-20-14-12-17(13-15-20)16-24-30-23-28-21(25-18-8-4-2-5-9-18)27-22(29-23)26-19-10-6-3-7-11-19/h2-16H,1H3,(H3,25,26,27,28,29,30). The van der Waals surface area contributed by atoms with Crippen molar-refractivity contribution in [1.82, 2.24) is 15.0 Å². The first-order valence-electron chi connectivity index (χ1n) is 9.62. The third-order valence-corrected chi connectivity index (χ3v) is 4.93. The number of anilines is 5. The number of hydrogen-bond donors (Lipinski definition) is 3. The molecule has 0 radical (unpaired) electrons. The number of thioether (sulfide) groups is 1. The second-order valence-corrected chi connectivity index (χ2v) is 7.31. The molecule has 0 amide bonds. The molecule has 0 fully saturated rings. The lowest BCUT2D eigenvalue weighted by atomic mass is 10.2. The molecule has 4 rings (SSSR count). The van der Waals surface area contributed by atoms with Gasteiger partial charge < -0.3 is 10.6 Å². The molecule has 8 heteroatoms. The number of hydrazone groups is 1. The van der Waals surface area contributed by atoms with E-state index in [0.29, 0.717) is 17.8 Å². The van der Waals surface area contributed by atoms with Crippen molar-refractivity contribution in [1.29, 1.82) is 0 Å². The van der Waals surface area contributed by atoms with Gasteiger partial charge in [0.15, 0.2) is 0 Å². The molecule has 0 unspecified atom stereocenters. The summed E-state index contributed by atoms with van der Waals surface area (Å²) in [5.74, 6) is 1.13. The fraction of sp³-hybridized carbons (Fsp3) is 0.0435. The van der Waals surface area contributed by atoms with Crippen LogP contribution in [0.2, 0.25) is 0 Å². The first-order valence-corrected chi connectivity index (χ1v) is 10.8. The van der Waals surface area contributed by atoms with E-state index < -0.39 is 0 Å². The first-order chi connectivity index (χ1) is 15.3. The van der Waals surface area contributed by atoms with Crippen LogP contribution in [0, 0.1) is 0 Å². The van der Waals surface area contributed by atoms with Crippen molar-refractivity contribution >= 4 is 47.2 Å². The van der Waals surface area contributed by atoms with Gasteiger partial charge in [0.25, 0.3) is 0 Å². The smallest absolute Gasteiger partial charge is 0.250 e. The van der Waals surface area contributed by atoms with Gasteiger partial charge in [-0.15, -0.1) is 11.8 Å². The van der Waals surface area contributed by atoms with Crippen LogP contribution >= 0.6 is 11.8 Å². The monoisotopic (exact) mass is 427 g/mol. The normalized spacial score (nSPS) is 10.7. The molecule has 3 N–H and O–H groups in total. The number of aromatic nitrogens is 3. The van der Waals surface area contributed by atoms with E-state index in [0.717, 1.165) is 16.9 Å². The van der Waals surface area contributed by atoms with Crippen LogP contribution in [0.1, 0.15) is 5.56 Å². The van der Waals surface area contributed by atoms with E-state index in [4.69, 9.17) is 0 Å². The van der Waals surface area contributed by atoms with Gasteiger partial charge in [-0.25, -0.2) is 5.43 Å². The molecule has 0 spiro atoms. The van der Waals surface area contributed by atoms with Gasteiger partial charge in [0, 0.05) is 16.3 Å². The van der Waals surface area contributed by atoms with Crippen molar-refractivity contribution in [3.8, 4) is 0 Å². The number of nitrogens with one attached hydrogen (secondary N) is 3. The predicted molar refractivity (Wildman–Crippen MR) is 129 cm³/mol. The summed E-state index contributed by atoms with van der Waals surface area (Å²) in [5.41, 5.74) is 5.63. The second-order valence-electron chi connectivity index (χ2n) is 6.43. The molecule has 0 bridgehead atoms. The van der Waals surface area contributed by atoms with Crippen LogP contribution in [0.4, 0.5) is 29.2 Å². The summed E-state index contributed by atoms with van der Waals surface area (Å²) in [4.78, 5) is 14.5. The molecule has 0 aliphatic heterocycles. The van der Waals surface area contributed by atoms with Gasteiger partial charge in [-0.3, -0.25) is 0 Å². The summed E-state index contributed by atoms with van der Waals surface area (Å²) < 4.78 is 0. The van der Waals surface area contributed by atoms with Crippen molar-refractivity contribution in [2.24, 2.45) is 5.10 Å². The molecular formula is C23H21N7S. The Morgan fingerprint density at radius 1 is 0.677 bits per heavy atom. The molecule has 7 nitrogen and oxygen atoms in total. The van der Waals surface area contributed by atoms with E-state index in [-0.39, 0.29) is 0 Å². The Morgan fingerprint density at radius 2 is 1.19 bits per heavy atom. The molecule has 0 atom stereocenters. The van der Waals surface area contributed by atoms with E-state index in [1.807, 2.05) is 79.1 Å². The molecule has 1 heterocycles. The number of nitrogens with zero attached hydrogens (tertiary/aromatic N) is 4. The third-order valence-electron chi connectivity index (χ3n) is 4.19. The summed E-state index contributed by atoms with van der Waals surface area (Å²) in [6.07, 6.45) is 3.77. The Balaban J connectivity index is 1.54. The lowest BCUT2D eigenvalue weighted by Gasteiger charge is -2.10. The highest BCUT2D eigenvalue weighted by atomic mass is 32.2. The van der Waals surface area contributed by atoms with E-state index in [1.165, 1.54) is 4.90 Å². The fourth-order valence-electron chi connectivity index (χ4n) is 2.69. The van der Waals surface area contributed by atoms with Gasteiger partial charge in [-0.2, -0.15) is 20.1 Å². The minimum atomic E-state index is 0.323. The quantitative estimate of drug-likeness (QED) is 0.194. The molecule has 1 aromatic heterocycles. The molecule has 0 saturated heterocycles. The third kappa shape index (κ3) is 6.03. The SMILES string of the molecule is CSc1ccc(C=NNc2nc(Nc3ccccc3)nc(Nc3ccccc3)n2)cc1. The van der Waals surface area contributed by atoms with Crippen molar-refractivity contribution in [3.05, 3.63) is 90.5 Å². The maximum Gasteiger partial charge on any atom is 0.250 e. The number of rotatable bonds is 8. The fourth-order valence-corrected chi connectivity index (χ4v) is 3.10. The van der Waals surface area contributed by atoms with Gasteiger partial charge in [0.05, 0.1) is 6.21 Å². The highest BCUT2D eigenvalue weighted by Crippen LogP contribution is 2.18. The van der Waals surface area contributed by atoms with Gasteiger partial charge in [-0.1, -0.05) is 48.5 Å². The highest BCUT2D eigenvalue weighted by molar-refractivity contribution is 7.98. The van der Waals surface area contributed by atoms with Crippen LogP contribution in [0.3, 0.4) is 0 Å². The minimum Gasteiger partial charge on any atom is -0.324 e. The molecule has 4 aromatic rings. The summed E-state index contributed by atoms with van der Waals surface area (Å²) in [6, 6.07) is 27.6. The average Bonchev–Trinajstić information content (AvgIpc) is 2.81. The van der Waals surface area contributed by atoms with E-state index >= 15 is 0 Å². The Bertz CT molecular complexity index is 1070. The largest absolute Gasteiger partial charge is 0.324 e. The van der Waals surface area contributed by atoms with Crippen molar-refractivity contribution < 1.29 is 0 Å². The van der Waals surface area contributed by atoms with Gasteiger partial charge in [0.1, 0.15) is 0 Å². The van der Waals surface area contributed by atoms with E-state index in [2.05, 4.69) is 48.2 Å². The van der Waals surface area contributed by atoms with E-state index in [1.54, 1.807) is 18.0 Å². The van der Waals surface area contributed by atoms with E-state index in [9.17, 15) is 0 Å². The van der Waals surface area contributed by atoms with Crippen molar-refractivity contribution in [2.75, 3.05) is 22.3 Å². The number of benzene rings is 3. The maximum absolute atomic E-state index is 4.47. The lowest BCUT2D eigenvalue weighted by Crippen LogP contribution is -2.07. The molecule has 3 aromatic carbocycles. The van der Waals surface area contributed by atoms with Gasteiger partial charge in [0.2, 0.25) is 17.8 Å². The predicted octanol–water partition coefficient (Wildman–Crippen LogP) is 5.53. The van der Waals surface area contributed by atoms with Gasteiger partial charge >= 0.3 is 0 Å². The Morgan fingerprint density at radius 3 is 1.71 bits per heavy atom.